The molecular formula is C45H26N4O2. The Morgan fingerprint density at radius 3 is 2.06 bits per heavy atom. The SMILES string of the molecule is [2H]c1c([2H])c([2H])c(-c2c([2H])c([2H])c(-c3nc(-c4cccc5c4oc4ccccc45)nc(-n4c5c([2H])c([2H])c([2H])c([2H])c5c5c6oc7c([2H])c([2H])c([2H])c([2H])c7c6c([2H])c([2H])c54)n3)c([2H])c2[2H])c([2H])c1[2H]. The number of rotatable bonds is 4. The van der Waals surface area contributed by atoms with Gasteiger partial charge in [0.1, 0.15) is 22.3 Å². The molecule has 0 saturated carbocycles. The lowest BCUT2D eigenvalue weighted by molar-refractivity contribution is 0.669. The molecule has 0 aliphatic rings. The van der Waals surface area contributed by atoms with Gasteiger partial charge in [-0.25, -0.2) is 4.98 Å². The topological polar surface area (TPSA) is 69.9 Å². The first-order valence-corrected chi connectivity index (χ1v) is 15.4. The number of furan rings is 2. The van der Waals surface area contributed by atoms with Crippen molar-refractivity contribution in [3.63, 3.8) is 0 Å². The minimum atomic E-state index is -0.836. The maximum Gasteiger partial charge on any atom is 0.238 e. The lowest BCUT2D eigenvalue weighted by Crippen LogP contribution is -2.06. The zero-order chi connectivity index (χ0) is 50.0. The van der Waals surface area contributed by atoms with Gasteiger partial charge in [0.2, 0.25) is 5.95 Å². The monoisotopic (exact) mass is 673 g/mol. The van der Waals surface area contributed by atoms with Gasteiger partial charge in [-0.15, -0.1) is 0 Å². The average Bonchev–Trinajstić information content (AvgIpc) is 4.06. The minimum absolute atomic E-state index is 0.183. The Morgan fingerprint density at radius 2 is 1.16 bits per heavy atom. The molecule has 0 saturated heterocycles. The van der Waals surface area contributed by atoms with Gasteiger partial charge in [0.15, 0.2) is 11.6 Å². The van der Waals surface area contributed by atoms with Gasteiger partial charge in [0, 0.05) is 32.5 Å². The fraction of sp³-hybridized carbons (Fsp3) is 0. The van der Waals surface area contributed by atoms with Crippen molar-refractivity contribution >= 4 is 65.7 Å². The van der Waals surface area contributed by atoms with Crippen LogP contribution in [0.15, 0.2) is 166 Å². The first-order valence-electron chi connectivity index (χ1n) is 24.9. The molecule has 7 aromatic carbocycles. The van der Waals surface area contributed by atoms with Crippen molar-refractivity contribution < 1.29 is 34.9 Å². The molecule has 4 aromatic heterocycles. The van der Waals surface area contributed by atoms with E-state index in [0.29, 0.717) is 16.4 Å². The Kier molecular flexibility index (Phi) is 3.20. The number of nitrogens with zero attached hydrogens (tertiary/aromatic N) is 4. The summed E-state index contributed by atoms with van der Waals surface area (Å²) in [5.41, 5.74) is -2.33. The summed E-state index contributed by atoms with van der Waals surface area (Å²) in [6, 6.07) is -1.67. The van der Waals surface area contributed by atoms with E-state index in [1.807, 2.05) is 6.07 Å². The maximum atomic E-state index is 9.57. The number of aromatic nitrogens is 4. The predicted octanol–water partition coefficient (Wildman–Crippen LogP) is 11.8. The number of hydrogen-bond acceptors (Lipinski definition) is 5. The molecule has 11 rings (SSSR count). The van der Waals surface area contributed by atoms with Gasteiger partial charge in [0.05, 0.1) is 48.0 Å². The third-order valence-electron chi connectivity index (χ3n) is 8.54. The van der Waals surface area contributed by atoms with Crippen molar-refractivity contribution in [1.82, 2.24) is 19.5 Å². The van der Waals surface area contributed by atoms with Crippen LogP contribution in [0, 0.1) is 0 Å². The molecule has 0 bridgehead atoms. The van der Waals surface area contributed by atoms with Crippen LogP contribution >= 0.6 is 0 Å². The Bertz CT molecular complexity index is 4200. The standard InChI is InChI=1S/C45H26N4O2/c1-2-11-27(12-3-1)28-21-23-29(24-22-28)43-46-44(35-17-10-16-32-30-13-5-8-19-38(30)50-41(32)35)48-45(47-43)49-36-18-7-4-15-34(36)40-37(49)26-25-33-31-14-6-9-20-39(31)51-42(33)40/h1-26H/i1D,2D,3D,4D,6D,7D,9D,11D,12D,14D,15D,18D,20D,21D,22D,23D,24D,25D,26D. The summed E-state index contributed by atoms with van der Waals surface area (Å²) >= 11 is 0. The highest BCUT2D eigenvalue weighted by atomic mass is 16.3. The maximum absolute atomic E-state index is 9.57. The molecule has 6 heteroatoms. The van der Waals surface area contributed by atoms with E-state index in [-0.39, 0.29) is 60.7 Å². The first-order chi connectivity index (χ1) is 33.2. The molecule has 51 heavy (non-hydrogen) atoms. The summed E-state index contributed by atoms with van der Waals surface area (Å²) in [4.78, 5) is 14.1. The fourth-order valence-corrected chi connectivity index (χ4v) is 6.32. The van der Waals surface area contributed by atoms with Crippen LogP contribution in [0.25, 0.3) is 106 Å². The van der Waals surface area contributed by atoms with E-state index in [4.69, 9.17) is 31.6 Å². The smallest absolute Gasteiger partial charge is 0.238 e. The van der Waals surface area contributed by atoms with Crippen LogP contribution in [0.4, 0.5) is 0 Å². The molecule has 0 atom stereocenters. The van der Waals surface area contributed by atoms with Crippen LogP contribution < -0.4 is 0 Å². The van der Waals surface area contributed by atoms with Crippen molar-refractivity contribution in [3.05, 3.63) is 157 Å². The predicted molar refractivity (Wildman–Crippen MR) is 205 cm³/mol. The molecule has 0 radical (unpaired) electrons. The van der Waals surface area contributed by atoms with E-state index >= 15 is 0 Å². The number of benzene rings is 7. The Balaban J connectivity index is 1.32. The molecule has 238 valence electrons. The lowest BCUT2D eigenvalue weighted by atomic mass is 10.0. The summed E-state index contributed by atoms with van der Waals surface area (Å²) < 4.78 is 181. The summed E-state index contributed by atoms with van der Waals surface area (Å²) in [5.74, 6) is -1.37. The van der Waals surface area contributed by atoms with E-state index in [2.05, 4.69) is 9.97 Å². The Morgan fingerprint density at radius 1 is 0.451 bits per heavy atom. The number of para-hydroxylation sites is 4. The van der Waals surface area contributed by atoms with Crippen LogP contribution in [0.5, 0.6) is 0 Å². The van der Waals surface area contributed by atoms with Crippen LogP contribution in [0.3, 0.4) is 0 Å². The highest BCUT2D eigenvalue weighted by molar-refractivity contribution is 6.23. The van der Waals surface area contributed by atoms with Gasteiger partial charge in [0.25, 0.3) is 0 Å². The van der Waals surface area contributed by atoms with Crippen LogP contribution in [-0.4, -0.2) is 19.5 Å². The zero-order valence-electron chi connectivity index (χ0n) is 44.6. The van der Waals surface area contributed by atoms with Gasteiger partial charge < -0.3 is 8.83 Å². The molecule has 0 aliphatic carbocycles. The minimum Gasteiger partial charge on any atom is -0.455 e. The van der Waals surface area contributed by atoms with Crippen molar-refractivity contribution in [1.29, 1.82) is 0 Å². The second kappa shape index (κ2) is 10.7. The first kappa shape index (κ1) is 15.2. The van der Waals surface area contributed by atoms with Crippen molar-refractivity contribution in [2.24, 2.45) is 0 Å². The van der Waals surface area contributed by atoms with Gasteiger partial charge in [-0.05, 0) is 47.4 Å². The second-order valence-corrected chi connectivity index (χ2v) is 11.4. The molecule has 11 aromatic rings. The average molecular weight is 674 g/mol. The van der Waals surface area contributed by atoms with Crippen LogP contribution in [0.1, 0.15) is 26.0 Å². The molecule has 0 aliphatic heterocycles. The van der Waals surface area contributed by atoms with Crippen molar-refractivity contribution in [3.8, 4) is 39.9 Å². The third-order valence-corrected chi connectivity index (χ3v) is 8.54. The molecule has 0 N–H and O–H groups in total. The van der Waals surface area contributed by atoms with E-state index in [1.54, 1.807) is 36.4 Å². The molecule has 0 unspecified atom stereocenters. The molecule has 0 fully saturated rings. The highest BCUT2D eigenvalue weighted by Gasteiger charge is 2.22. The summed E-state index contributed by atoms with van der Waals surface area (Å²) in [6.45, 7) is 0. The van der Waals surface area contributed by atoms with Gasteiger partial charge in [-0.1, -0.05) is 121 Å². The number of fused-ring (bicyclic) bond motifs is 10. The van der Waals surface area contributed by atoms with Gasteiger partial charge in [-0.2, -0.15) is 9.97 Å². The molecule has 6 nitrogen and oxygen atoms in total. The lowest BCUT2D eigenvalue weighted by Gasteiger charge is -2.11. The highest BCUT2D eigenvalue weighted by Crippen LogP contribution is 2.41. The molecule has 4 heterocycles. The van der Waals surface area contributed by atoms with E-state index in [0.717, 1.165) is 4.57 Å². The van der Waals surface area contributed by atoms with Crippen LogP contribution in [0.2, 0.25) is 0 Å². The molecule has 0 amide bonds. The molecule has 0 spiro atoms. The van der Waals surface area contributed by atoms with Crippen molar-refractivity contribution in [2.75, 3.05) is 0 Å². The van der Waals surface area contributed by atoms with E-state index in [9.17, 15) is 8.22 Å². The summed E-state index contributed by atoms with van der Waals surface area (Å²) in [5, 5.41) is 0.298. The van der Waals surface area contributed by atoms with E-state index in [1.165, 1.54) is 0 Å². The summed E-state index contributed by atoms with van der Waals surface area (Å²) in [6.07, 6.45) is 0. The van der Waals surface area contributed by atoms with Crippen LogP contribution in [-0.2, 0) is 0 Å². The van der Waals surface area contributed by atoms with Gasteiger partial charge in [-0.3, -0.25) is 4.57 Å². The zero-order valence-corrected chi connectivity index (χ0v) is 25.6. The summed E-state index contributed by atoms with van der Waals surface area (Å²) in [7, 11) is 0. The quantitative estimate of drug-likeness (QED) is 0.186. The Labute approximate surface area is 317 Å². The number of hydrogen-bond donors (Lipinski definition) is 0. The van der Waals surface area contributed by atoms with Gasteiger partial charge >= 0.3 is 0 Å². The van der Waals surface area contributed by atoms with Crippen molar-refractivity contribution in [2.45, 2.75) is 0 Å². The van der Waals surface area contributed by atoms with E-state index < -0.39 is 143 Å². The normalized spacial score (nSPS) is 17.1. The fourth-order valence-electron chi connectivity index (χ4n) is 6.32. The second-order valence-electron chi connectivity index (χ2n) is 11.4. The Hall–Kier alpha value is -7.05. The molecular weight excluding hydrogens is 629 g/mol. The largest absolute Gasteiger partial charge is 0.455 e. The third kappa shape index (κ3) is 4.20.